The number of hydrogen-bond donors (Lipinski definition) is 2. The van der Waals surface area contributed by atoms with Crippen LogP contribution in [0.4, 0.5) is 10.8 Å². The molecule has 0 saturated heterocycles. The fourth-order valence-corrected chi connectivity index (χ4v) is 4.50. The van der Waals surface area contributed by atoms with Crippen LogP contribution in [0.15, 0.2) is 71.5 Å². The molecule has 5 aromatic rings. The molecule has 0 saturated carbocycles. The van der Waals surface area contributed by atoms with Crippen LogP contribution >= 0.6 is 22.9 Å². The molecule has 0 radical (unpaired) electrons. The zero-order chi connectivity index (χ0) is 23.7. The minimum atomic E-state index is -0.313. The fraction of sp³-hybridized carbons (Fsp3) is 0.0833. The molecule has 0 unspecified atom stereocenters. The van der Waals surface area contributed by atoms with Gasteiger partial charge in [0.05, 0.1) is 23.7 Å². The van der Waals surface area contributed by atoms with Crippen molar-refractivity contribution in [3.63, 3.8) is 0 Å². The topological polar surface area (TPSA) is 97.6 Å². The van der Waals surface area contributed by atoms with Gasteiger partial charge >= 0.3 is 0 Å². The van der Waals surface area contributed by atoms with Gasteiger partial charge in [0.15, 0.2) is 0 Å². The summed E-state index contributed by atoms with van der Waals surface area (Å²) < 4.78 is 6.61. The largest absolute Gasteiger partial charge is 0.495 e. The normalized spacial score (nSPS) is 11.0. The predicted molar refractivity (Wildman–Crippen MR) is 134 cm³/mol. The van der Waals surface area contributed by atoms with Crippen molar-refractivity contribution in [2.75, 3.05) is 12.4 Å². The van der Waals surface area contributed by atoms with Gasteiger partial charge in [-0.1, -0.05) is 53.3 Å². The molecule has 0 bridgehead atoms. The van der Waals surface area contributed by atoms with Crippen LogP contribution in [-0.4, -0.2) is 27.6 Å². The number of ether oxygens (including phenoxy) is 1. The first-order valence-electron chi connectivity index (χ1n) is 10.3. The van der Waals surface area contributed by atoms with E-state index in [-0.39, 0.29) is 11.5 Å². The van der Waals surface area contributed by atoms with Crippen molar-refractivity contribution in [3.8, 4) is 5.75 Å². The average molecular weight is 492 g/mol. The Bertz CT molecular complexity index is 1600. The van der Waals surface area contributed by atoms with Crippen molar-refractivity contribution in [2.24, 2.45) is 0 Å². The molecule has 170 valence electrons. The second kappa shape index (κ2) is 9.12. The van der Waals surface area contributed by atoms with Crippen LogP contribution in [0.2, 0.25) is 5.02 Å². The number of para-hydroxylation sites is 2. The molecule has 3 aromatic carbocycles. The summed E-state index contributed by atoms with van der Waals surface area (Å²) in [5.41, 5.74) is 2.04. The molecule has 1 amide bonds. The van der Waals surface area contributed by atoms with E-state index in [9.17, 15) is 9.59 Å². The maximum absolute atomic E-state index is 13.0. The number of aromatic nitrogens is 3. The summed E-state index contributed by atoms with van der Waals surface area (Å²) in [4.78, 5) is 30.7. The number of hydrogen-bond acceptors (Lipinski definition) is 7. The summed E-state index contributed by atoms with van der Waals surface area (Å²) in [5.74, 6) is 0.367. The summed E-state index contributed by atoms with van der Waals surface area (Å²) >= 11 is 7.38. The zero-order valence-electron chi connectivity index (χ0n) is 17.9. The van der Waals surface area contributed by atoms with Crippen molar-refractivity contribution in [2.45, 2.75) is 6.54 Å². The van der Waals surface area contributed by atoms with E-state index in [2.05, 4.69) is 20.7 Å². The van der Waals surface area contributed by atoms with E-state index in [1.807, 2.05) is 42.5 Å². The molecule has 0 aliphatic rings. The Kier molecular flexibility index (Phi) is 5.87. The van der Waals surface area contributed by atoms with Gasteiger partial charge in [-0.25, -0.2) is 4.98 Å². The highest BCUT2D eigenvalue weighted by Crippen LogP contribution is 2.29. The second-order valence-corrected chi connectivity index (χ2v) is 8.71. The Balaban J connectivity index is 1.44. The lowest BCUT2D eigenvalue weighted by molar-refractivity contribution is 0.0951. The number of rotatable bonds is 6. The Labute approximate surface area is 202 Å². The Morgan fingerprint density at radius 1 is 1.12 bits per heavy atom. The third kappa shape index (κ3) is 4.18. The van der Waals surface area contributed by atoms with Crippen LogP contribution in [0.5, 0.6) is 5.75 Å². The highest BCUT2D eigenvalue weighted by Gasteiger charge is 2.15. The molecular formula is C24H18ClN5O3S. The SMILES string of the molecule is COc1ccccc1Nc1nn2c(=O)c3ccc(C(=O)NCc4ccccc4Cl)cc3nc2s1. The molecule has 2 N–H and O–H groups in total. The average Bonchev–Trinajstić information content (AvgIpc) is 3.26. The monoisotopic (exact) mass is 491 g/mol. The van der Waals surface area contributed by atoms with Gasteiger partial charge in [0.1, 0.15) is 5.75 Å². The van der Waals surface area contributed by atoms with Gasteiger partial charge in [0.25, 0.3) is 11.5 Å². The molecule has 34 heavy (non-hydrogen) atoms. The lowest BCUT2D eigenvalue weighted by Crippen LogP contribution is -2.23. The van der Waals surface area contributed by atoms with Gasteiger partial charge < -0.3 is 15.4 Å². The minimum absolute atomic E-state index is 0.286. The number of carbonyl (C=O) groups excluding carboxylic acids is 1. The zero-order valence-corrected chi connectivity index (χ0v) is 19.5. The first kappa shape index (κ1) is 21.9. The molecule has 0 atom stereocenters. The van der Waals surface area contributed by atoms with E-state index in [0.717, 1.165) is 11.3 Å². The Morgan fingerprint density at radius 3 is 2.74 bits per heavy atom. The Hall–Kier alpha value is -3.95. The van der Waals surface area contributed by atoms with Crippen LogP contribution in [0, 0.1) is 0 Å². The van der Waals surface area contributed by atoms with Crippen molar-refractivity contribution in [1.82, 2.24) is 19.9 Å². The van der Waals surface area contributed by atoms with E-state index in [0.29, 0.717) is 43.9 Å². The summed E-state index contributed by atoms with van der Waals surface area (Å²) in [5, 5.41) is 11.8. The summed E-state index contributed by atoms with van der Waals surface area (Å²) in [6.45, 7) is 0.290. The lowest BCUT2D eigenvalue weighted by Gasteiger charge is -2.07. The number of amides is 1. The third-order valence-electron chi connectivity index (χ3n) is 5.20. The minimum Gasteiger partial charge on any atom is -0.495 e. The summed E-state index contributed by atoms with van der Waals surface area (Å²) in [6.07, 6.45) is 0. The number of nitrogens with one attached hydrogen (secondary N) is 2. The number of methoxy groups -OCH3 is 1. The maximum Gasteiger partial charge on any atom is 0.283 e. The maximum atomic E-state index is 13.0. The molecule has 0 aliphatic heterocycles. The number of fused-ring (bicyclic) bond motifs is 2. The first-order chi connectivity index (χ1) is 16.5. The van der Waals surface area contributed by atoms with Gasteiger partial charge in [-0.3, -0.25) is 9.59 Å². The highest BCUT2D eigenvalue weighted by molar-refractivity contribution is 7.20. The van der Waals surface area contributed by atoms with Gasteiger partial charge in [0.2, 0.25) is 10.1 Å². The Morgan fingerprint density at radius 2 is 1.91 bits per heavy atom. The lowest BCUT2D eigenvalue weighted by atomic mass is 10.1. The van der Waals surface area contributed by atoms with Crippen LogP contribution in [0.1, 0.15) is 15.9 Å². The highest BCUT2D eigenvalue weighted by atomic mass is 35.5. The van der Waals surface area contributed by atoms with Crippen LogP contribution < -0.4 is 20.9 Å². The van der Waals surface area contributed by atoms with Crippen LogP contribution in [0.25, 0.3) is 15.9 Å². The van der Waals surface area contributed by atoms with Gasteiger partial charge in [-0.15, -0.1) is 5.10 Å². The van der Waals surface area contributed by atoms with Crippen molar-refractivity contribution in [3.05, 3.63) is 93.2 Å². The molecule has 10 heteroatoms. The predicted octanol–water partition coefficient (Wildman–Crippen LogP) is 4.64. The standard InChI is InChI=1S/C24H18ClN5O3S/c1-33-20-9-5-4-8-18(20)27-23-29-30-22(32)16-11-10-14(12-19(16)28-24(30)34-23)21(31)26-13-15-6-2-3-7-17(15)25/h2-12H,13H2,1H3,(H,26,31)(H,27,29). The van der Waals surface area contributed by atoms with Crippen molar-refractivity contribution < 1.29 is 9.53 Å². The second-order valence-electron chi connectivity index (χ2n) is 7.35. The number of halogens is 1. The smallest absolute Gasteiger partial charge is 0.283 e. The molecule has 0 fully saturated rings. The van der Waals surface area contributed by atoms with E-state index in [4.69, 9.17) is 16.3 Å². The van der Waals surface area contributed by atoms with Crippen LogP contribution in [-0.2, 0) is 6.54 Å². The third-order valence-corrected chi connectivity index (χ3v) is 6.40. The molecule has 0 spiro atoms. The van der Waals surface area contributed by atoms with Crippen molar-refractivity contribution >= 4 is 55.5 Å². The number of nitrogens with zero attached hydrogens (tertiary/aromatic N) is 3. The molecule has 0 aliphatic carbocycles. The van der Waals surface area contributed by atoms with Gasteiger partial charge in [-0.05, 0) is 42.0 Å². The number of benzene rings is 3. The summed E-state index contributed by atoms with van der Waals surface area (Å²) in [6, 6.07) is 19.5. The molecule has 2 heterocycles. The van der Waals surface area contributed by atoms with E-state index >= 15 is 0 Å². The first-order valence-corrected chi connectivity index (χ1v) is 11.5. The van der Waals surface area contributed by atoms with Crippen molar-refractivity contribution in [1.29, 1.82) is 0 Å². The quantitative estimate of drug-likeness (QED) is 0.359. The van der Waals surface area contributed by atoms with E-state index < -0.39 is 0 Å². The van der Waals surface area contributed by atoms with E-state index in [1.165, 1.54) is 15.9 Å². The fourth-order valence-electron chi connectivity index (χ4n) is 3.48. The van der Waals surface area contributed by atoms with Crippen LogP contribution in [0.3, 0.4) is 0 Å². The summed E-state index contributed by atoms with van der Waals surface area (Å²) in [7, 11) is 1.58. The molecule has 2 aromatic heterocycles. The number of anilines is 2. The number of carbonyl (C=O) groups is 1. The molecular weight excluding hydrogens is 474 g/mol. The molecule has 8 nitrogen and oxygen atoms in total. The van der Waals surface area contributed by atoms with Gasteiger partial charge in [-0.2, -0.15) is 4.52 Å². The molecule has 5 rings (SSSR count). The van der Waals surface area contributed by atoms with Gasteiger partial charge in [0, 0.05) is 17.1 Å². The van der Waals surface area contributed by atoms with E-state index in [1.54, 1.807) is 31.4 Å².